The van der Waals surface area contributed by atoms with Gasteiger partial charge in [0, 0.05) is 18.5 Å². The van der Waals surface area contributed by atoms with E-state index >= 15 is 0 Å². The van der Waals surface area contributed by atoms with Gasteiger partial charge in [0.15, 0.2) is 12.4 Å². The number of hydrogen-bond donors (Lipinski definition) is 0. The van der Waals surface area contributed by atoms with E-state index < -0.39 is 21.4 Å². The Kier molecular flexibility index (Phi) is 7.05. The van der Waals surface area contributed by atoms with Gasteiger partial charge >= 0.3 is 5.97 Å². The summed E-state index contributed by atoms with van der Waals surface area (Å²) in [6.07, 6.45) is 3.59. The van der Waals surface area contributed by atoms with Crippen molar-refractivity contribution in [1.29, 1.82) is 0 Å². The molecule has 0 bridgehead atoms. The third-order valence-electron chi connectivity index (χ3n) is 4.52. The number of sulfonamides is 1. The smallest absolute Gasteiger partial charge is 0.338 e. The molecular weight excluding hydrogens is 390 g/mol. The zero-order valence-electron chi connectivity index (χ0n) is 16.0. The highest BCUT2D eigenvalue weighted by Crippen LogP contribution is 2.28. The second-order valence-corrected chi connectivity index (χ2v) is 10.0. The summed E-state index contributed by atoms with van der Waals surface area (Å²) < 4.78 is 32.4. The summed E-state index contributed by atoms with van der Waals surface area (Å²) in [5.41, 5.74) is -0.573. The van der Waals surface area contributed by atoms with E-state index in [9.17, 15) is 18.0 Å². The fourth-order valence-corrected chi connectivity index (χ4v) is 4.70. The van der Waals surface area contributed by atoms with Gasteiger partial charge in [-0.05, 0) is 31.0 Å². The van der Waals surface area contributed by atoms with Crippen LogP contribution >= 0.6 is 11.6 Å². The molecule has 0 aliphatic carbocycles. The quantitative estimate of drug-likeness (QED) is 0.685. The van der Waals surface area contributed by atoms with Crippen LogP contribution in [0.25, 0.3) is 0 Å². The molecule has 6 nitrogen and oxygen atoms in total. The van der Waals surface area contributed by atoms with Gasteiger partial charge in [-0.3, -0.25) is 4.79 Å². The lowest BCUT2D eigenvalue weighted by molar-refractivity contribution is -0.129. The maximum atomic E-state index is 13.0. The van der Waals surface area contributed by atoms with Gasteiger partial charge in [0.05, 0.1) is 10.6 Å². The lowest BCUT2D eigenvalue weighted by Crippen LogP contribution is -2.32. The first-order valence-electron chi connectivity index (χ1n) is 9.03. The highest BCUT2D eigenvalue weighted by molar-refractivity contribution is 7.89. The molecule has 8 heteroatoms. The van der Waals surface area contributed by atoms with Crippen molar-refractivity contribution in [2.75, 3.05) is 19.7 Å². The molecule has 0 aromatic heterocycles. The summed E-state index contributed by atoms with van der Waals surface area (Å²) in [6, 6.07) is 3.99. The van der Waals surface area contributed by atoms with E-state index in [1.807, 2.05) is 0 Å². The van der Waals surface area contributed by atoms with Crippen LogP contribution in [-0.2, 0) is 19.6 Å². The van der Waals surface area contributed by atoms with Crippen LogP contribution in [0.3, 0.4) is 0 Å². The minimum atomic E-state index is -3.80. The number of ether oxygens (including phenoxy) is 1. The molecule has 0 spiro atoms. The van der Waals surface area contributed by atoms with Crippen molar-refractivity contribution >= 4 is 33.4 Å². The molecule has 1 aliphatic heterocycles. The minimum absolute atomic E-state index is 0.0505. The van der Waals surface area contributed by atoms with Crippen molar-refractivity contribution < 1.29 is 22.7 Å². The van der Waals surface area contributed by atoms with Crippen LogP contribution in [-0.4, -0.2) is 44.2 Å². The number of halogens is 1. The molecule has 27 heavy (non-hydrogen) atoms. The average Bonchev–Trinajstić information content (AvgIpc) is 2.88. The number of carbonyl (C=O) groups excluding carboxylic acids is 2. The molecule has 1 aromatic rings. The zero-order valence-corrected chi connectivity index (χ0v) is 17.5. The number of esters is 1. The monoisotopic (exact) mass is 415 g/mol. The summed E-state index contributed by atoms with van der Waals surface area (Å²) >= 11 is 6.12. The Morgan fingerprint density at radius 2 is 1.70 bits per heavy atom. The van der Waals surface area contributed by atoms with E-state index in [4.69, 9.17) is 16.3 Å². The van der Waals surface area contributed by atoms with E-state index in [2.05, 4.69) is 0 Å². The Hall–Kier alpha value is -1.44. The molecule has 1 aromatic carbocycles. The van der Waals surface area contributed by atoms with Crippen LogP contribution in [0.15, 0.2) is 23.1 Å². The van der Waals surface area contributed by atoms with E-state index in [1.165, 1.54) is 22.5 Å². The topological polar surface area (TPSA) is 80.8 Å². The standard InChI is InChI=1S/C19H26ClNO5S/c1-19(2,3)17(22)13-26-18(23)14-8-9-15(20)16(12-14)27(24,25)21-10-6-4-5-7-11-21/h8-9,12H,4-7,10-11,13H2,1-3H3. The Labute approximate surface area is 165 Å². The lowest BCUT2D eigenvalue weighted by Gasteiger charge is -2.21. The van der Waals surface area contributed by atoms with Crippen LogP contribution in [0.2, 0.25) is 5.02 Å². The Morgan fingerprint density at radius 1 is 1.11 bits per heavy atom. The van der Waals surface area contributed by atoms with E-state index in [0.29, 0.717) is 13.1 Å². The van der Waals surface area contributed by atoms with Crippen molar-refractivity contribution in [2.24, 2.45) is 5.41 Å². The molecule has 0 radical (unpaired) electrons. The van der Waals surface area contributed by atoms with Gasteiger partial charge in [0.2, 0.25) is 10.0 Å². The summed E-state index contributed by atoms with van der Waals surface area (Å²) in [6.45, 7) is 5.71. The third-order valence-corrected chi connectivity index (χ3v) is 6.90. The molecule has 1 fully saturated rings. The van der Waals surface area contributed by atoms with E-state index in [1.54, 1.807) is 20.8 Å². The van der Waals surface area contributed by atoms with Crippen LogP contribution in [0.1, 0.15) is 56.8 Å². The van der Waals surface area contributed by atoms with Gasteiger partial charge in [-0.1, -0.05) is 45.2 Å². The second-order valence-electron chi connectivity index (χ2n) is 7.71. The number of rotatable bonds is 5. The summed E-state index contributed by atoms with van der Waals surface area (Å²) in [7, 11) is -3.80. The van der Waals surface area contributed by atoms with Gasteiger partial charge in [0.1, 0.15) is 4.90 Å². The molecule has 0 N–H and O–H groups in total. The van der Waals surface area contributed by atoms with Gasteiger partial charge in [0.25, 0.3) is 0 Å². The van der Waals surface area contributed by atoms with Crippen LogP contribution in [0.5, 0.6) is 0 Å². The van der Waals surface area contributed by atoms with E-state index in [-0.39, 0.29) is 27.9 Å². The maximum absolute atomic E-state index is 13.0. The van der Waals surface area contributed by atoms with Gasteiger partial charge < -0.3 is 4.74 Å². The van der Waals surface area contributed by atoms with Crippen molar-refractivity contribution in [3.8, 4) is 0 Å². The SMILES string of the molecule is CC(C)(C)C(=O)COC(=O)c1ccc(Cl)c(S(=O)(=O)N2CCCCCC2)c1. The van der Waals surface area contributed by atoms with Crippen LogP contribution in [0.4, 0.5) is 0 Å². The highest BCUT2D eigenvalue weighted by Gasteiger charge is 2.29. The molecule has 1 heterocycles. The summed E-state index contributed by atoms with van der Waals surface area (Å²) in [4.78, 5) is 24.1. The van der Waals surface area contributed by atoms with Gasteiger partial charge in [-0.15, -0.1) is 0 Å². The first kappa shape index (κ1) is 21.9. The van der Waals surface area contributed by atoms with Crippen LogP contribution < -0.4 is 0 Å². The normalized spacial score (nSPS) is 16.6. The zero-order chi connectivity index (χ0) is 20.2. The number of carbonyl (C=O) groups is 2. The number of benzene rings is 1. The van der Waals surface area contributed by atoms with Crippen molar-refractivity contribution in [3.05, 3.63) is 28.8 Å². The van der Waals surface area contributed by atoms with E-state index in [0.717, 1.165) is 25.7 Å². The van der Waals surface area contributed by atoms with Crippen molar-refractivity contribution in [3.63, 3.8) is 0 Å². The third kappa shape index (κ3) is 5.53. The number of hydrogen-bond acceptors (Lipinski definition) is 5. The highest BCUT2D eigenvalue weighted by atomic mass is 35.5. The first-order chi connectivity index (χ1) is 12.5. The van der Waals surface area contributed by atoms with Crippen molar-refractivity contribution in [1.82, 2.24) is 4.31 Å². The molecule has 0 amide bonds. The molecule has 0 saturated carbocycles. The van der Waals surface area contributed by atoms with Gasteiger partial charge in [-0.25, -0.2) is 13.2 Å². The fourth-order valence-electron chi connectivity index (χ4n) is 2.68. The first-order valence-corrected chi connectivity index (χ1v) is 10.9. The Balaban J connectivity index is 2.22. The Bertz CT molecular complexity index is 806. The van der Waals surface area contributed by atoms with Crippen molar-refractivity contribution in [2.45, 2.75) is 51.3 Å². The fraction of sp³-hybridized carbons (Fsp3) is 0.579. The van der Waals surface area contributed by atoms with Crippen LogP contribution in [0, 0.1) is 5.41 Å². The predicted molar refractivity (Wildman–Crippen MR) is 103 cm³/mol. The molecule has 2 rings (SSSR count). The second kappa shape index (κ2) is 8.71. The molecule has 0 atom stereocenters. The number of Topliss-reactive ketones (excluding diaryl/α,β-unsaturated/α-hetero) is 1. The molecular formula is C19H26ClNO5S. The lowest BCUT2D eigenvalue weighted by atomic mass is 9.91. The molecule has 1 aliphatic rings. The molecule has 0 unspecified atom stereocenters. The molecule has 150 valence electrons. The summed E-state index contributed by atoms with van der Waals surface area (Å²) in [5, 5.41) is 0.0570. The van der Waals surface area contributed by atoms with Gasteiger partial charge in [-0.2, -0.15) is 4.31 Å². The summed E-state index contributed by atoms with van der Waals surface area (Å²) in [5.74, 6) is -0.973. The maximum Gasteiger partial charge on any atom is 0.338 e. The predicted octanol–water partition coefficient (Wildman–Crippen LogP) is 3.68. The number of nitrogens with zero attached hydrogens (tertiary/aromatic N) is 1. The number of ketones is 1. The largest absolute Gasteiger partial charge is 0.454 e. The molecule has 1 saturated heterocycles. The Morgan fingerprint density at radius 3 is 2.26 bits per heavy atom. The average molecular weight is 416 g/mol. The minimum Gasteiger partial charge on any atom is -0.454 e.